The number of imidazole rings is 1. The van der Waals surface area contributed by atoms with Gasteiger partial charge in [-0.25, -0.2) is 9.78 Å². The number of esters is 1. The molecule has 1 aromatic heterocycles. The van der Waals surface area contributed by atoms with Gasteiger partial charge in [0.05, 0.1) is 16.6 Å². The molecule has 2 aromatic carbocycles. The van der Waals surface area contributed by atoms with Crippen LogP contribution in [0.2, 0.25) is 0 Å². The van der Waals surface area contributed by atoms with Crippen molar-refractivity contribution in [2.24, 2.45) is 7.05 Å². The maximum Gasteiger partial charge on any atom is 0.343 e. The fraction of sp³-hybridized carbons (Fsp3) is 0.125. The molecule has 0 N–H and O–H groups in total. The van der Waals surface area contributed by atoms with E-state index in [0.717, 1.165) is 21.3 Å². The van der Waals surface area contributed by atoms with Crippen molar-refractivity contribution >= 4 is 32.9 Å². The smallest absolute Gasteiger partial charge is 0.343 e. The number of hydrogen-bond donors (Lipinski definition) is 0. The second-order valence-corrected chi connectivity index (χ2v) is 5.68. The number of aryl methyl sites for hydroxylation is 2. The number of benzene rings is 2. The predicted molar refractivity (Wildman–Crippen MR) is 84.6 cm³/mol. The van der Waals surface area contributed by atoms with E-state index in [1.165, 1.54) is 0 Å². The first-order chi connectivity index (χ1) is 10.0. The van der Waals surface area contributed by atoms with Crippen molar-refractivity contribution in [3.63, 3.8) is 0 Å². The Morgan fingerprint density at radius 3 is 2.81 bits per heavy atom. The summed E-state index contributed by atoms with van der Waals surface area (Å²) in [5.41, 5.74) is 2.27. The van der Waals surface area contributed by atoms with E-state index >= 15 is 0 Å². The average molecular weight is 345 g/mol. The van der Waals surface area contributed by atoms with Gasteiger partial charge in [0.15, 0.2) is 0 Å². The van der Waals surface area contributed by atoms with Gasteiger partial charge in [-0.15, -0.1) is 0 Å². The molecule has 0 saturated carbocycles. The molecule has 0 radical (unpaired) electrons. The number of rotatable bonds is 2. The second kappa shape index (κ2) is 5.33. The van der Waals surface area contributed by atoms with Gasteiger partial charge < -0.3 is 9.30 Å². The van der Waals surface area contributed by atoms with Gasteiger partial charge in [0.25, 0.3) is 0 Å². The zero-order valence-corrected chi connectivity index (χ0v) is 13.2. The van der Waals surface area contributed by atoms with E-state index in [1.807, 2.05) is 36.7 Å². The van der Waals surface area contributed by atoms with E-state index in [9.17, 15) is 4.79 Å². The number of carbonyl (C=O) groups excluding carboxylic acids is 1. The summed E-state index contributed by atoms with van der Waals surface area (Å²) in [7, 11) is 1.95. The van der Waals surface area contributed by atoms with Crippen molar-refractivity contribution in [3.8, 4) is 5.75 Å². The van der Waals surface area contributed by atoms with Crippen LogP contribution in [0.15, 0.2) is 46.9 Å². The van der Waals surface area contributed by atoms with Crippen LogP contribution < -0.4 is 4.74 Å². The number of aromatic nitrogens is 2. The lowest BCUT2D eigenvalue weighted by molar-refractivity contribution is 0.0735. The molecular weight excluding hydrogens is 332 g/mol. The number of nitrogens with zero attached hydrogens (tertiary/aromatic N) is 2. The Balaban J connectivity index is 1.91. The molecule has 0 saturated heterocycles. The topological polar surface area (TPSA) is 44.1 Å². The van der Waals surface area contributed by atoms with E-state index in [1.54, 1.807) is 24.3 Å². The molecule has 3 rings (SSSR count). The van der Waals surface area contributed by atoms with Crippen LogP contribution in [0.5, 0.6) is 5.75 Å². The highest BCUT2D eigenvalue weighted by Crippen LogP contribution is 2.21. The number of fused-ring (bicyclic) bond motifs is 1. The van der Waals surface area contributed by atoms with Crippen molar-refractivity contribution in [1.82, 2.24) is 9.55 Å². The SMILES string of the molecule is Cc1nc2cc(C(=O)Oc3cccc(Br)c3)ccc2n1C. The minimum absolute atomic E-state index is 0.390. The largest absolute Gasteiger partial charge is 0.423 e. The normalized spacial score (nSPS) is 10.8. The average Bonchev–Trinajstić information content (AvgIpc) is 2.73. The van der Waals surface area contributed by atoms with Gasteiger partial charge in [-0.05, 0) is 43.3 Å². The molecule has 0 aliphatic carbocycles. The number of ether oxygens (including phenoxy) is 1. The molecule has 0 fully saturated rings. The van der Waals surface area contributed by atoms with Gasteiger partial charge in [-0.2, -0.15) is 0 Å². The predicted octanol–water partition coefficient (Wildman–Crippen LogP) is 3.86. The summed E-state index contributed by atoms with van der Waals surface area (Å²) in [6.45, 7) is 1.93. The first-order valence-electron chi connectivity index (χ1n) is 6.45. The highest BCUT2D eigenvalue weighted by atomic mass is 79.9. The Hall–Kier alpha value is -2.14. The van der Waals surface area contributed by atoms with Crippen LogP contribution in [0.25, 0.3) is 11.0 Å². The Kier molecular flexibility index (Phi) is 3.51. The Morgan fingerprint density at radius 2 is 2.05 bits per heavy atom. The van der Waals surface area contributed by atoms with Crippen LogP contribution >= 0.6 is 15.9 Å². The molecule has 21 heavy (non-hydrogen) atoms. The molecule has 5 heteroatoms. The molecule has 0 amide bonds. The van der Waals surface area contributed by atoms with E-state index < -0.39 is 5.97 Å². The summed E-state index contributed by atoms with van der Waals surface area (Å²) in [4.78, 5) is 16.6. The monoisotopic (exact) mass is 344 g/mol. The molecular formula is C16H13BrN2O2. The molecule has 0 aliphatic heterocycles. The third kappa shape index (κ3) is 2.69. The molecule has 0 atom stereocenters. The summed E-state index contributed by atoms with van der Waals surface area (Å²) >= 11 is 3.35. The van der Waals surface area contributed by atoms with E-state index in [0.29, 0.717) is 11.3 Å². The zero-order valence-electron chi connectivity index (χ0n) is 11.6. The minimum Gasteiger partial charge on any atom is -0.423 e. The number of halogens is 1. The standard InChI is InChI=1S/C16H13BrN2O2/c1-10-18-14-8-11(6-7-15(14)19(10)2)16(20)21-13-5-3-4-12(17)9-13/h3-9H,1-2H3. The third-order valence-electron chi connectivity index (χ3n) is 3.35. The van der Waals surface area contributed by atoms with Crippen molar-refractivity contribution in [3.05, 3.63) is 58.3 Å². The second-order valence-electron chi connectivity index (χ2n) is 4.77. The summed E-state index contributed by atoms with van der Waals surface area (Å²) in [6, 6.07) is 12.6. The first kappa shape index (κ1) is 13.8. The van der Waals surface area contributed by atoms with Gasteiger partial charge in [0, 0.05) is 11.5 Å². The highest BCUT2D eigenvalue weighted by molar-refractivity contribution is 9.10. The summed E-state index contributed by atoms with van der Waals surface area (Å²) in [6.07, 6.45) is 0. The first-order valence-corrected chi connectivity index (χ1v) is 7.25. The van der Waals surface area contributed by atoms with Crippen molar-refractivity contribution < 1.29 is 9.53 Å². The lowest BCUT2D eigenvalue weighted by Gasteiger charge is -2.05. The van der Waals surface area contributed by atoms with Crippen LogP contribution in [0, 0.1) is 6.92 Å². The highest BCUT2D eigenvalue weighted by Gasteiger charge is 2.12. The van der Waals surface area contributed by atoms with Gasteiger partial charge in [-0.3, -0.25) is 0 Å². The fourth-order valence-electron chi connectivity index (χ4n) is 2.14. The van der Waals surface area contributed by atoms with Crippen LogP contribution in [0.4, 0.5) is 0 Å². The third-order valence-corrected chi connectivity index (χ3v) is 3.84. The molecule has 106 valence electrons. The maximum absolute atomic E-state index is 12.2. The van der Waals surface area contributed by atoms with Crippen molar-refractivity contribution in [2.75, 3.05) is 0 Å². The van der Waals surface area contributed by atoms with E-state index in [4.69, 9.17) is 4.74 Å². The van der Waals surface area contributed by atoms with Crippen LogP contribution in [0.3, 0.4) is 0 Å². The quantitative estimate of drug-likeness (QED) is 0.523. The molecule has 3 aromatic rings. The lowest BCUT2D eigenvalue weighted by Crippen LogP contribution is -2.08. The van der Waals surface area contributed by atoms with E-state index in [2.05, 4.69) is 20.9 Å². The van der Waals surface area contributed by atoms with Crippen LogP contribution in [-0.2, 0) is 7.05 Å². The molecule has 0 unspecified atom stereocenters. The van der Waals surface area contributed by atoms with Gasteiger partial charge >= 0.3 is 5.97 Å². The molecule has 0 bridgehead atoms. The van der Waals surface area contributed by atoms with Gasteiger partial charge in [-0.1, -0.05) is 22.0 Å². The molecule has 1 heterocycles. The van der Waals surface area contributed by atoms with Crippen molar-refractivity contribution in [1.29, 1.82) is 0 Å². The Bertz CT molecular complexity index is 839. The van der Waals surface area contributed by atoms with Crippen LogP contribution in [-0.4, -0.2) is 15.5 Å². The van der Waals surface area contributed by atoms with Crippen molar-refractivity contribution in [2.45, 2.75) is 6.92 Å². The van der Waals surface area contributed by atoms with Crippen LogP contribution in [0.1, 0.15) is 16.2 Å². The Morgan fingerprint density at radius 1 is 1.24 bits per heavy atom. The molecule has 0 spiro atoms. The lowest BCUT2D eigenvalue weighted by atomic mass is 10.2. The van der Waals surface area contributed by atoms with Gasteiger partial charge in [0.2, 0.25) is 0 Å². The number of carbonyl (C=O) groups is 1. The summed E-state index contributed by atoms with van der Waals surface area (Å²) in [5.74, 6) is 1.02. The summed E-state index contributed by atoms with van der Waals surface area (Å²) in [5, 5.41) is 0. The fourth-order valence-corrected chi connectivity index (χ4v) is 2.52. The van der Waals surface area contributed by atoms with Gasteiger partial charge in [0.1, 0.15) is 11.6 Å². The molecule has 4 nitrogen and oxygen atoms in total. The molecule has 0 aliphatic rings. The maximum atomic E-state index is 12.2. The number of hydrogen-bond acceptors (Lipinski definition) is 3. The minimum atomic E-state index is -0.390. The zero-order chi connectivity index (χ0) is 15.0. The summed E-state index contributed by atoms with van der Waals surface area (Å²) < 4.78 is 8.21. The Labute approximate surface area is 130 Å². The van der Waals surface area contributed by atoms with E-state index in [-0.39, 0.29) is 0 Å².